The Morgan fingerprint density at radius 2 is 1.88 bits per heavy atom. The molecule has 132 valence electrons. The summed E-state index contributed by atoms with van der Waals surface area (Å²) in [4.78, 5) is 23.3. The minimum absolute atomic E-state index is 0.0292. The predicted molar refractivity (Wildman–Crippen MR) is 101 cm³/mol. The van der Waals surface area contributed by atoms with Gasteiger partial charge >= 0.3 is 0 Å². The SMILES string of the molecule is Cc1ccc(NC(=S)NCC(=O)NC(CC(C)C)C(N)=O)cc1C. The summed E-state index contributed by atoms with van der Waals surface area (Å²) in [6.07, 6.45) is 0.506. The third-order valence-corrected chi connectivity index (χ3v) is 3.81. The van der Waals surface area contributed by atoms with E-state index in [1.165, 1.54) is 5.56 Å². The van der Waals surface area contributed by atoms with Gasteiger partial charge in [-0.25, -0.2) is 0 Å². The molecule has 2 amide bonds. The van der Waals surface area contributed by atoms with Gasteiger partial charge in [0, 0.05) is 5.69 Å². The van der Waals surface area contributed by atoms with Crippen LogP contribution in [0.1, 0.15) is 31.4 Å². The number of benzene rings is 1. The van der Waals surface area contributed by atoms with Crippen molar-refractivity contribution in [2.75, 3.05) is 11.9 Å². The van der Waals surface area contributed by atoms with Crippen molar-refractivity contribution >= 4 is 34.8 Å². The van der Waals surface area contributed by atoms with Gasteiger partial charge in [-0.1, -0.05) is 19.9 Å². The van der Waals surface area contributed by atoms with E-state index < -0.39 is 11.9 Å². The van der Waals surface area contributed by atoms with Crippen molar-refractivity contribution in [3.63, 3.8) is 0 Å². The van der Waals surface area contributed by atoms with Gasteiger partial charge in [-0.2, -0.15) is 0 Å². The van der Waals surface area contributed by atoms with Crippen molar-refractivity contribution in [1.82, 2.24) is 10.6 Å². The van der Waals surface area contributed by atoms with E-state index in [9.17, 15) is 9.59 Å². The molecule has 0 radical (unpaired) electrons. The van der Waals surface area contributed by atoms with Crippen LogP contribution in [-0.2, 0) is 9.59 Å². The molecule has 0 fully saturated rings. The van der Waals surface area contributed by atoms with Crippen LogP contribution >= 0.6 is 12.2 Å². The highest BCUT2D eigenvalue weighted by Gasteiger charge is 2.19. The van der Waals surface area contributed by atoms with E-state index in [1.807, 2.05) is 45.9 Å². The third-order valence-electron chi connectivity index (χ3n) is 3.56. The van der Waals surface area contributed by atoms with Crippen LogP contribution in [0.15, 0.2) is 18.2 Å². The van der Waals surface area contributed by atoms with E-state index in [0.717, 1.165) is 11.3 Å². The Labute approximate surface area is 148 Å². The van der Waals surface area contributed by atoms with Gasteiger partial charge in [0.1, 0.15) is 6.04 Å². The lowest BCUT2D eigenvalue weighted by Crippen LogP contribution is -2.48. The molecule has 1 rings (SSSR count). The van der Waals surface area contributed by atoms with E-state index >= 15 is 0 Å². The molecule has 7 heteroatoms. The van der Waals surface area contributed by atoms with Crippen LogP contribution in [0.4, 0.5) is 5.69 Å². The Bertz CT molecular complexity index is 617. The van der Waals surface area contributed by atoms with Gasteiger partial charge in [0.25, 0.3) is 0 Å². The zero-order valence-corrected chi connectivity index (χ0v) is 15.4. The average molecular weight is 350 g/mol. The van der Waals surface area contributed by atoms with E-state index in [2.05, 4.69) is 16.0 Å². The summed E-state index contributed by atoms with van der Waals surface area (Å²) in [7, 11) is 0. The van der Waals surface area contributed by atoms with Crippen LogP contribution in [0.3, 0.4) is 0 Å². The largest absolute Gasteiger partial charge is 0.368 e. The number of nitrogens with one attached hydrogen (secondary N) is 3. The standard InChI is InChI=1S/C17H26N4O2S/c1-10(2)7-14(16(18)23)21-15(22)9-19-17(24)20-13-6-5-11(3)12(4)8-13/h5-6,8,10,14H,7,9H2,1-4H3,(H2,18,23)(H,21,22)(H2,19,20,24). The quantitative estimate of drug-likeness (QED) is 0.560. The Morgan fingerprint density at radius 1 is 1.21 bits per heavy atom. The van der Waals surface area contributed by atoms with Gasteiger partial charge in [-0.3, -0.25) is 9.59 Å². The molecule has 1 unspecified atom stereocenters. The van der Waals surface area contributed by atoms with Gasteiger partial charge in [0.15, 0.2) is 5.11 Å². The lowest BCUT2D eigenvalue weighted by molar-refractivity contribution is -0.127. The normalized spacial score (nSPS) is 11.7. The fourth-order valence-electron chi connectivity index (χ4n) is 2.12. The second kappa shape index (κ2) is 9.22. The maximum absolute atomic E-state index is 11.9. The topological polar surface area (TPSA) is 96.2 Å². The molecule has 1 aromatic rings. The van der Waals surface area contributed by atoms with E-state index in [4.69, 9.17) is 18.0 Å². The van der Waals surface area contributed by atoms with Gasteiger partial charge in [0.2, 0.25) is 11.8 Å². The Balaban J connectivity index is 2.46. The number of hydrogen-bond acceptors (Lipinski definition) is 3. The van der Waals surface area contributed by atoms with Crippen molar-refractivity contribution in [2.45, 2.75) is 40.2 Å². The number of anilines is 1. The molecule has 0 saturated carbocycles. The summed E-state index contributed by atoms with van der Waals surface area (Å²) in [5, 5.41) is 8.80. The number of hydrogen-bond donors (Lipinski definition) is 4. The first-order valence-electron chi connectivity index (χ1n) is 7.89. The first-order chi connectivity index (χ1) is 11.2. The second-order valence-corrected chi connectivity index (χ2v) is 6.67. The molecule has 0 aliphatic carbocycles. The smallest absolute Gasteiger partial charge is 0.240 e. The first kappa shape index (κ1) is 19.9. The monoisotopic (exact) mass is 350 g/mol. The zero-order valence-electron chi connectivity index (χ0n) is 14.6. The molecule has 6 nitrogen and oxygen atoms in total. The highest BCUT2D eigenvalue weighted by Crippen LogP contribution is 2.13. The van der Waals surface area contributed by atoms with Gasteiger partial charge in [-0.05, 0) is 61.7 Å². The van der Waals surface area contributed by atoms with Gasteiger partial charge in [0.05, 0.1) is 6.54 Å². The first-order valence-corrected chi connectivity index (χ1v) is 8.30. The number of amides is 2. The highest BCUT2D eigenvalue weighted by molar-refractivity contribution is 7.80. The number of carbonyl (C=O) groups excluding carboxylic acids is 2. The van der Waals surface area contributed by atoms with Crippen LogP contribution in [0.5, 0.6) is 0 Å². The Hall–Kier alpha value is -2.15. The number of primary amides is 1. The van der Waals surface area contributed by atoms with Crippen LogP contribution in [0.25, 0.3) is 0 Å². The lowest BCUT2D eigenvalue weighted by Gasteiger charge is -2.18. The lowest BCUT2D eigenvalue weighted by atomic mass is 10.0. The van der Waals surface area contributed by atoms with E-state index in [0.29, 0.717) is 11.5 Å². The summed E-state index contributed by atoms with van der Waals surface area (Å²) >= 11 is 5.17. The van der Waals surface area contributed by atoms with Crippen molar-refractivity contribution in [3.8, 4) is 0 Å². The molecular weight excluding hydrogens is 324 g/mol. The van der Waals surface area contributed by atoms with Crippen LogP contribution in [-0.4, -0.2) is 29.5 Å². The number of rotatable bonds is 7. The van der Waals surface area contributed by atoms with Crippen LogP contribution < -0.4 is 21.7 Å². The number of nitrogens with two attached hydrogens (primary N) is 1. The van der Waals surface area contributed by atoms with Crippen molar-refractivity contribution < 1.29 is 9.59 Å². The Morgan fingerprint density at radius 3 is 2.42 bits per heavy atom. The number of aryl methyl sites for hydroxylation is 2. The van der Waals surface area contributed by atoms with Crippen molar-refractivity contribution in [3.05, 3.63) is 29.3 Å². The van der Waals surface area contributed by atoms with Gasteiger partial charge in [-0.15, -0.1) is 0 Å². The third kappa shape index (κ3) is 6.95. The summed E-state index contributed by atoms with van der Waals surface area (Å²) in [6, 6.07) is 5.23. The molecule has 5 N–H and O–H groups in total. The average Bonchev–Trinajstić information content (AvgIpc) is 2.48. The van der Waals surface area contributed by atoms with Crippen molar-refractivity contribution in [2.24, 2.45) is 11.7 Å². The van der Waals surface area contributed by atoms with Crippen LogP contribution in [0.2, 0.25) is 0 Å². The van der Waals surface area contributed by atoms with Crippen LogP contribution in [0, 0.1) is 19.8 Å². The summed E-state index contributed by atoms with van der Waals surface area (Å²) in [6.45, 7) is 7.94. The van der Waals surface area contributed by atoms with Gasteiger partial charge < -0.3 is 21.7 Å². The highest BCUT2D eigenvalue weighted by atomic mass is 32.1. The molecule has 0 aromatic heterocycles. The predicted octanol–water partition coefficient (Wildman–Crippen LogP) is 1.61. The number of thiocarbonyl (C=S) groups is 1. The molecular formula is C17H26N4O2S. The molecule has 0 saturated heterocycles. The second-order valence-electron chi connectivity index (χ2n) is 6.26. The Kier molecular flexibility index (Phi) is 7.64. The number of carbonyl (C=O) groups is 2. The molecule has 1 atom stereocenters. The minimum atomic E-state index is -0.666. The summed E-state index contributed by atoms with van der Waals surface area (Å²) < 4.78 is 0. The molecule has 0 aliphatic rings. The zero-order chi connectivity index (χ0) is 18.3. The summed E-state index contributed by atoms with van der Waals surface area (Å²) in [5.41, 5.74) is 8.51. The molecule has 0 spiro atoms. The minimum Gasteiger partial charge on any atom is -0.368 e. The maximum atomic E-state index is 11.9. The van der Waals surface area contributed by atoms with E-state index in [1.54, 1.807) is 0 Å². The fourth-order valence-corrected chi connectivity index (χ4v) is 2.31. The molecule has 0 heterocycles. The molecule has 0 bridgehead atoms. The fraction of sp³-hybridized carbons (Fsp3) is 0.471. The molecule has 0 aliphatic heterocycles. The molecule has 24 heavy (non-hydrogen) atoms. The van der Waals surface area contributed by atoms with Crippen molar-refractivity contribution in [1.29, 1.82) is 0 Å². The molecule has 1 aromatic carbocycles. The maximum Gasteiger partial charge on any atom is 0.240 e. The van der Waals surface area contributed by atoms with E-state index in [-0.39, 0.29) is 18.4 Å². The summed E-state index contributed by atoms with van der Waals surface area (Å²) in [5.74, 6) is -0.611.